The molecule has 0 saturated carbocycles. The third kappa shape index (κ3) is 10.3. The van der Waals surface area contributed by atoms with Crippen molar-refractivity contribution in [2.24, 2.45) is 5.92 Å². The molecule has 0 aliphatic rings. The number of esters is 1. The molecule has 1 rings (SSSR count). The first-order valence-corrected chi connectivity index (χ1v) is 10.7. The fraction of sp³-hybridized carbons (Fsp3) is 0.565. The summed E-state index contributed by atoms with van der Waals surface area (Å²) >= 11 is 0. The number of nitrogens with one attached hydrogen (secondary N) is 3. The van der Waals surface area contributed by atoms with E-state index in [1.165, 1.54) is 7.11 Å². The lowest BCUT2D eigenvalue weighted by Crippen LogP contribution is -2.58. The second kappa shape index (κ2) is 12.8. The Bertz CT molecular complexity index is 806. The van der Waals surface area contributed by atoms with Gasteiger partial charge in [-0.1, -0.05) is 44.2 Å². The fourth-order valence-corrected chi connectivity index (χ4v) is 2.88. The molecule has 0 radical (unpaired) electrons. The van der Waals surface area contributed by atoms with E-state index in [9.17, 15) is 24.3 Å². The lowest BCUT2D eigenvalue weighted by atomic mass is 9.96. The van der Waals surface area contributed by atoms with Crippen molar-refractivity contribution in [3.8, 4) is 0 Å². The number of benzene rings is 1. The van der Waals surface area contributed by atoms with Crippen LogP contribution in [0.3, 0.4) is 0 Å². The van der Waals surface area contributed by atoms with Crippen LogP contribution in [0.1, 0.15) is 40.2 Å². The lowest BCUT2D eigenvalue weighted by molar-refractivity contribution is -0.143. The van der Waals surface area contributed by atoms with Crippen LogP contribution in [0.2, 0.25) is 0 Å². The fourth-order valence-electron chi connectivity index (χ4n) is 2.88. The van der Waals surface area contributed by atoms with Gasteiger partial charge in [-0.2, -0.15) is 0 Å². The van der Waals surface area contributed by atoms with Crippen LogP contribution >= 0.6 is 0 Å². The normalized spacial score (nSPS) is 13.9. The maximum atomic E-state index is 13.1. The average molecular weight is 466 g/mol. The predicted molar refractivity (Wildman–Crippen MR) is 121 cm³/mol. The highest BCUT2D eigenvalue weighted by Crippen LogP contribution is 2.11. The maximum absolute atomic E-state index is 13.1. The Morgan fingerprint density at radius 2 is 1.61 bits per heavy atom. The topological polar surface area (TPSA) is 143 Å². The van der Waals surface area contributed by atoms with Crippen molar-refractivity contribution in [1.29, 1.82) is 0 Å². The molecule has 0 saturated heterocycles. The number of carbonyl (C=O) groups excluding carboxylic acids is 4. The Hall–Kier alpha value is -3.14. The minimum Gasteiger partial charge on any atom is -0.468 e. The average Bonchev–Trinajstić information content (AvgIpc) is 2.73. The molecule has 0 bridgehead atoms. The van der Waals surface area contributed by atoms with Gasteiger partial charge in [0.15, 0.2) is 6.10 Å². The lowest BCUT2D eigenvalue weighted by Gasteiger charge is -2.29. The molecule has 0 fully saturated rings. The SMILES string of the molecule is COC(=O)CNC(=O)C(O)[C@@H](NC(=O)[C@H](Cc1ccccc1)NC(=O)OC(C)(C)C)C(C)C. The summed E-state index contributed by atoms with van der Waals surface area (Å²) in [6.45, 7) is 8.14. The zero-order valence-corrected chi connectivity index (χ0v) is 20.0. The molecule has 3 atom stereocenters. The summed E-state index contributed by atoms with van der Waals surface area (Å²) in [4.78, 5) is 49.0. The van der Waals surface area contributed by atoms with Crippen molar-refractivity contribution in [2.45, 2.75) is 64.8 Å². The van der Waals surface area contributed by atoms with E-state index in [0.29, 0.717) is 0 Å². The number of amides is 3. The molecule has 33 heavy (non-hydrogen) atoms. The number of ether oxygens (including phenoxy) is 2. The minimum atomic E-state index is -1.63. The summed E-state index contributed by atoms with van der Waals surface area (Å²) < 4.78 is 9.73. The third-order valence-electron chi connectivity index (χ3n) is 4.56. The van der Waals surface area contributed by atoms with Gasteiger partial charge in [0, 0.05) is 6.42 Å². The molecule has 1 aromatic carbocycles. The smallest absolute Gasteiger partial charge is 0.408 e. The molecule has 0 spiro atoms. The second-order valence-corrected chi connectivity index (χ2v) is 8.91. The Morgan fingerprint density at radius 3 is 2.12 bits per heavy atom. The van der Waals surface area contributed by atoms with Crippen LogP contribution in [-0.2, 0) is 30.3 Å². The van der Waals surface area contributed by atoms with Crippen LogP contribution < -0.4 is 16.0 Å². The number of carbonyl (C=O) groups is 4. The van der Waals surface area contributed by atoms with Crippen molar-refractivity contribution >= 4 is 23.9 Å². The van der Waals surface area contributed by atoms with E-state index in [1.807, 2.05) is 30.3 Å². The molecule has 1 unspecified atom stereocenters. The molecule has 3 amide bonds. The molecular weight excluding hydrogens is 430 g/mol. The van der Waals surface area contributed by atoms with Crippen molar-refractivity contribution < 1.29 is 33.8 Å². The van der Waals surface area contributed by atoms with E-state index in [4.69, 9.17) is 4.74 Å². The van der Waals surface area contributed by atoms with Gasteiger partial charge in [0.2, 0.25) is 5.91 Å². The van der Waals surface area contributed by atoms with E-state index >= 15 is 0 Å². The first-order chi connectivity index (χ1) is 15.3. The number of aliphatic hydroxyl groups excluding tert-OH is 1. The largest absolute Gasteiger partial charge is 0.468 e. The van der Waals surface area contributed by atoms with Gasteiger partial charge in [-0.25, -0.2) is 4.79 Å². The van der Waals surface area contributed by atoms with Crippen molar-refractivity contribution in [1.82, 2.24) is 16.0 Å². The summed E-state index contributed by atoms with van der Waals surface area (Å²) in [5.74, 6) is -2.45. The molecule has 0 heterocycles. The van der Waals surface area contributed by atoms with Gasteiger partial charge < -0.3 is 30.5 Å². The van der Waals surface area contributed by atoms with Crippen molar-refractivity contribution in [2.75, 3.05) is 13.7 Å². The zero-order valence-electron chi connectivity index (χ0n) is 20.0. The molecule has 10 heteroatoms. The summed E-state index contributed by atoms with van der Waals surface area (Å²) in [5.41, 5.74) is 0.0397. The molecule has 0 aromatic heterocycles. The molecule has 10 nitrogen and oxygen atoms in total. The number of hydrogen-bond donors (Lipinski definition) is 4. The van der Waals surface area contributed by atoms with E-state index in [0.717, 1.165) is 5.56 Å². The molecule has 4 N–H and O–H groups in total. The Labute approximate surface area is 194 Å². The maximum Gasteiger partial charge on any atom is 0.408 e. The summed E-state index contributed by atoms with van der Waals surface area (Å²) in [6.07, 6.45) is -2.23. The number of rotatable bonds is 10. The molecular formula is C23H35N3O7. The van der Waals surface area contributed by atoms with Crippen LogP contribution in [-0.4, -0.2) is 66.4 Å². The highest BCUT2D eigenvalue weighted by molar-refractivity contribution is 5.88. The third-order valence-corrected chi connectivity index (χ3v) is 4.56. The Morgan fingerprint density at radius 1 is 1.00 bits per heavy atom. The van der Waals surface area contributed by atoms with Crippen LogP contribution in [0.25, 0.3) is 0 Å². The predicted octanol–water partition coefficient (Wildman–Crippen LogP) is 0.913. The molecule has 0 aliphatic heterocycles. The van der Waals surface area contributed by atoms with Gasteiger partial charge in [-0.3, -0.25) is 14.4 Å². The Balaban J connectivity index is 2.98. The number of methoxy groups -OCH3 is 1. The molecule has 184 valence electrons. The number of hydrogen-bond acceptors (Lipinski definition) is 7. The van der Waals surface area contributed by atoms with Crippen LogP contribution in [0.5, 0.6) is 0 Å². The van der Waals surface area contributed by atoms with Gasteiger partial charge in [-0.05, 0) is 32.3 Å². The number of aliphatic hydroxyl groups is 1. The standard InChI is InChI=1S/C23H35N3O7/c1-14(2)18(19(28)21(30)24-13-17(27)32-6)26-20(29)16(12-15-10-8-7-9-11-15)25-22(31)33-23(3,4)5/h7-11,14,16,18-19,28H,12-13H2,1-6H3,(H,24,30)(H,25,31)(H,26,29)/t16-,18-,19?/m0/s1. The van der Waals surface area contributed by atoms with Crippen LogP contribution in [0.15, 0.2) is 30.3 Å². The van der Waals surface area contributed by atoms with Crippen molar-refractivity contribution in [3.63, 3.8) is 0 Å². The van der Waals surface area contributed by atoms with Gasteiger partial charge in [0.25, 0.3) is 5.91 Å². The Kier molecular flexibility index (Phi) is 10.8. The number of alkyl carbamates (subject to hydrolysis) is 1. The summed E-state index contributed by atoms with van der Waals surface area (Å²) in [7, 11) is 1.17. The molecule has 1 aromatic rings. The van der Waals surface area contributed by atoms with Gasteiger partial charge in [0.1, 0.15) is 18.2 Å². The van der Waals surface area contributed by atoms with E-state index in [-0.39, 0.29) is 12.3 Å². The van der Waals surface area contributed by atoms with Gasteiger partial charge in [-0.15, -0.1) is 0 Å². The van der Waals surface area contributed by atoms with Gasteiger partial charge >= 0.3 is 12.1 Å². The monoisotopic (exact) mass is 465 g/mol. The minimum absolute atomic E-state index is 0.168. The van der Waals surface area contributed by atoms with Gasteiger partial charge in [0.05, 0.1) is 13.2 Å². The highest BCUT2D eigenvalue weighted by atomic mass is 16.6. The second-order valence-electron chi connectivity index (χ2n) is 8.91. The highest BCUT2D eigenvalue weighted by Gasteiger charge is 2.33. The first kappa shape index (κ1) is 27.9. The summed E-state index contributed by atoms with van der Waals surface area (Å²) in [5, 5.41) is 18.0. The van der Waals surface area contributed by atoms with E-state index in [2.05, 4.69) is 20.7 Å². The van der Waals surface area contributed by atoms with Crippen molar-refractivity contribution in [3.05, 3.63) is 35.9 Å². The zero-order chi connectivity index (χ0) is 25.2. The summed E-state index contributed by atoms with van der Waals surface area (Å²) in [6, 6.07) is 7.08. The van der Waals surface area contributed by atoms with Crippen LogP contribution in [0.4, 0.5) is 4.79 Å². The van der Waals surface area contributed by atoms with E-state index in [1.54, 1.807) is 34.6 Å². The van der Waals surface area contributed by atoms with E-state index < -0.39 is 54.2 Å². The molecule has 0 aliphatic carbocycles. The first-order valence-electron chi connectivity index (χ1n) is 10.7. The van der Waals surface area contributed by atoms with Crippen LogP contribution in [0, 0.1) is 5.92 Å². The quantitative estimate of drug-likeness (QED) is 0.376.